The lowest BCUT2D eigenvalue weighted by Crippen LogP contribution is -2.11. The van der Waals surface area contributed by atoms with Crippen LogP contribution in [0.2, 0.25) is 5.02 Å². The fraction of sp³-hybridized carbons (Fsp3) is 0.273. The molecule has 0 amide bonds. The van der Waals surface area contributed by atoms with Crippen LogP contribution in [0.25, 0.3) is 22.9 Å². The Bertz CT molecular complexity index is 1500. The molecule has 4 aromatic rings. The highest BCUT2D eigenvalue weighted by Gasteiger charge is 2.22. The maximum Gasteiger partial charge on any atom is 0.331 e. The van der Waals surface area contributed by atoms with Crippen molar-refractivity contribution in [1.29, 1.82) is 0 Å². The number of hydrogen-bond donors (Lipinski definition) is 1. The van der Waals surface area contributed by atoms with Gasteiger partial charge in [-0.1, -0.05) is 49.1 Å². The standard InChI is InChI=1S/C33H33ClN2O4/c1-22(33(37)38)18-27-20-32(24-6-4-3-5-7-24)36(35-27)28-12-14-29(15-13-28)40-21-25-19-30(39-2)16-17-31(25)23-8-10-26(34)11-9-23/h8-20,24H,3-7,21H2,1-2H3,(H,37,38)/b22-18+. The number of carbonyl (C=O) groups is 1. The Labute approximate surface area is 239 Å². The molecular weight excluding hydrogens is 524 g/mol. The van der Waals surface area contributed by atoms with E-state index in [0.717, 1.165) is 52.4 Å². The Morgan fingerprint density at radius 3 is 2.38 bits per heavy atom. The molecule has 3 aromatic carbocycles. The predicted molar refractivity (Wildman–Crippen MR) is 158 cm³/mol. The quantitative estimate of drug-likeness (QED) is 0.210. The van der Waals surface area contributed by atoms with Crippen molar-refractivity contribution in [2.24, 2.45) is 0 Å². The van der Waals surface area contributed by atoms with Crippen molar-refractivity contribution < 1.29 is 19.4 Å². The first-order valence-corrected chi connectivity index (χ1v) is 14.0. The molecule has 6 nitrogen and oxygen atoms in total. The summed E-state index contributed by atoms with van der Waals surface area (Å²) in [5.74, 6) is 0.972. The van der Waals surface area contributed by atoms with Crippen LogP contribution in [0, 0.1) is 0 Å². The fourth-order valence-corrected chi connectivity index (χ4v) is 5.36. The van der Waals surface area contributed by atoms with Gasteiger partial charge in [-0.25, -0.2) is 9.48 Å². The van der Waals surface area contributed by atoms with Crippen LogP contribution < -0.4 is 9.47 Å². The summed E-state index contributed by atoms with van der Waals surface area (Å²) < 4.78 is 13.6. The predicted octanol–water partition coefficient (Wildman–Crippen LogP) is 8.32. The molecule has 7 heteroatoms. The smallest absolute Gasteiger partial charge is 0.331 e. The summed E-state index contributed by atoms with van der Waals surface area (Å²) in [5, 5.41) is 14.8. The van der Waals surface area contributed by atoms with E-state index in [1.54, 1.807) is 20.1 Å². The molecule has 1 N–H and O–H groups in total. The molecule has 1 fully saturated rings. The molecule has 0 saturated heterocycles. The van der Waals surface area contributed by atoms with Crippen molar-refractivity contribution in [2.75, 3.05) is 7.11 Å². The van der Waals surface area contributed by atoms with Crippen molar-refractivity contribution in [3.05, 3.63) is 100 Å². The normalized spacial score (nSPS) is 14.2. The highest BCUT2D eigenvalue weighted by Crippen LogP contribution is 2.35. The van der Waals surface area contributed by atoms with Crippen LogP contribution in [0.5, 0.6) is 11.5 Å². The Balaban J connectivity index is 1.39. The molecular formula is C33H33ClN2O4. The van der Waals surface area contributed by atoms with Crippen LogP contribution in [-0.4, -0.2) is 28.0 Å². The van der Waals surface area contributed by atoms with E-state index in [1.807, 2.05) is 77.5 Å². The van der Waals surface area contributed by atoms with Gasteiger partial charge in [0.2, 0.25) is 0 Å². The monoisotopic (exact) mass is 556 g/mol. The summed E-state index contributed by atoms with van der Waals surface area (Å²) in [6.45, 7) is 1.96. The van der Waals surface area contributed by atoms with E-state index in [1.165, 1.54) is 19.3 Å². The van der Waals surface area contributed by atoms with Crippen molar-refractivity contribution in [3.8, 4) is 28.3 Å². The van der Waals surface area contributed by atoms with Gasteiger partial charge in [0.1, 0.15) is 18.1 Å². The number of rotatable bonds is 9. The second kappa shape index (κ2) is 12.4. The Hall–Kier alpha value is -4.03. The van der Waals surface area contributed by atoms with E-state index in [-0.39, 0.29) is 5.57 Å². The molecule has 0 spiro atoms. The van der Waals surface area contributed by atoms with Crippen molar-refractivity contribution in [3.63, 3.8) is 0 Å². The molecule has 206 valence electrons. The molecule has 1 aliphatic carbocycles. The third-order valence-electron chi connectivity index (χ3n) is 7.42. The largest absolute Gasteiger partial charge is 0.497 e. The maximum atomic E-state index is 11.4. The average Bonchev–Trinajstić information content (AvgIpc) is 3.40. The Morgan fingerprint density at radius 1 is 1.00 bits per heavy atom. The molecule has 0 aliphatic heterocycles. The third-order valence-corrected chi connectivity index (χ3v) is 7.68. The lowest BCUT2D eigenvalue weighted by Gasteiger charge is -2.22. The number of halogens is 1. The number of carboxylic acid groups (broad SMARTS) is 1. The van der Waals surface area contributed by atoms with E-state index in [0.29, 0.717) is 23.2 Å². The number of hydrogen-bond acceptors (Lipinski definition) is 4. The van der Waals surface area contributed by atoms with Crippen molar-refractivity contribution in [2.45, 2.75) is 51.6 Å². The highest BCUT2D eigenvalue weighted by molar-refractivity contribution is 6.30. The van der Waals surface area contributed by atoms with Gasteiger partial charge in [-0.05, 0) is 91.6 Å². The van der Waals surface area contributed by atoms with Gasteiger partial charge in [-0.15, -0.1) is 0 Å². The van der Waals surface area contributed by atoms with E-state index in [4.69, 9.17) is 26.2 Å². The Kier molecular flexibility index (Phi) is 8.56. The molecule has 0 bridgehead atoms. The second-order valence-corrected chi connectivity index (χ2v) is 10.6. The number of carboxylic acids is 1. The van der Waals surface area contributed by atoms with Crippen LogP contribution in [0.15, 0.2) is 78.4 Å². The summed E-state index contributed by atoms with van der Waals surface area (Å²) in [6, 6.07) is 23.6. The summed E-state index contributed by atoms with van der Waals surface area (Å²) >= 11 is 6.10. The zero-order chi connectivity index (χ0) is 28.1. The molecule has 1 saturated carbocycles. The lowest BCUT2D eigenvalue weighted by atomic mass is 9.86. The van der Waals surface area contributed by atoms with Crippen LogP contribution in [0.4, 0.5) is 0 Å². The molecule has 0 radical (unpaired) electrons. The lowest BCUT2D eigenvalue weighted by molar-refractivity contribution is -0.132. The number of ether oxygens (including phenoxy) is 2. The van der Waals surface area contributed by atoms with Gasteiger partial charge in [-0.3, -0.25) is 0 Å². The molecule has 40 heavy (non-hydrogen) atoms. The van der Waals surface area contributed by atoms with E-state index < -0.39 is 5.97 Å². The highest BCUT2D eigenvalue weighted by atomic mass is 35.5. The number of aromatic nitrogens is 2. The number of methoxy groups -OCH3 is 1. The van der Waals surface area contributed by atoms with E-state index in [2.05, 4.69) is 0 Å². The minimum absolute atomic E-state index is 0.263. The molecule has 0 unspecified atom stereocenters. The molecule has 1 heterocycles. The number of benzene rings is 3. The minimum atomic E-state index is -0.939. The SMILES string of the molecule is COc1ccc(-c2ccc(Cl)cc2)c(COc2ccc(-n3nc(/C=C(\C)C(=O)O)cc3C3CCCCC3)cc2)c1. The van der Waals surface area contributed by atoms with E-state index in [9.17, 15) is 9.90 Å². The van der Waals surface area contributed by atoms with Crippen molar-refractivity contribution >= 4 is 23.6 Å². The molecule has 1 aromatic heterocycles. The van der Waals surface area contributed by atoms with E-state index >= 15 is 0 Å². The molecule has 0 atom stereocenters. The summed E-state index contributed by atoms with van der Waals surface area (Å²) in [4.78, 5) is 11.4. The van der Waals surface area contributed by atoms with Gasteiger partial charge in [0.15, 0.2) is 0 Å². The summed E-state index contributed by atoms with van der Waals surface area (Å²) in [6.07, 6.45) is 7.52. The van der Waals surface area contributed by atoms with Gasteiger partial charge in [-0.2, -0.15) is 5.10 Å². The first-order valence-electron chi connectivity index (χ1n) is 13.6. The number of aliphatic carboxylic acids is 1. The molecule has 5 rings (SSSR count). The van der Waals surface area contributed by atoms with Gasteiger partial charge in [0.25, 0.3) is 0 Å². The molecule has 1 aliphatic rings. The average molecular weight is 557 g/mol. The van der Waals surface area contributed by atoms with Crippen molar-refractivity contribution in [1.82, 2.24) is 9.78 Å². The van der Waals surface area contributed by atoms with Crippen LogP contribution in [-0.2, 0) is 11.4 Å². The summed E-state index contributed by atoms with van der Waals surface area (Å²) in [7, 11) is 1.65. The first-order chi connectivity index (χ1) is 19.4. The third kappa shape index (κ3) is 6.40. The maximum absolute atomic E-state index is 11.4. The Morgan fingerprint density at radius 2 is 1.70 bits per heavy atom. The zero-order valence-corrected chi connectivity index (χ0v) is 23.5. The first kappa shape index (κ1) is 27.5. The minimum Gasteiger partial charge on any atom is -0.497 e. The van der Waals surface area contributed by atoms with Crippen LogP contribution in [0.3, 0.4) is 0 Å². The second-order valence-electron chi connectivity index (χ2n) is 10.2. The van der Waals surface area contributed by atoms with Gasteiger partial charge in [0, 0.05) is 27.8 Å². The zero-order valence-electron chi connectivity index (χ0n) is 22.8. The summed E-state index contributed by atoms with van der Waals surface area (Å²) in [5.41, 5.74) is 6.08. The number of nitrogens with zero attached hydrogens (tertiary/aromatic N) is 2. The van der Waals surface area contributed by atoms with Crippen LogP contribution >= 0.6 is 11.6 Å². The fourth-order valence-electron chi connectivity index (χ4n) is 5.24. The topological polar surface area (TPSA) is 73.6 Å². The van der Waals surface area contributed by atoms with Gasteiger partial charge >= 0.3 is 5.97 Å². The van der Waals surface area contributed by atoms with Crippen LogP contribution in [0.1, 0.15) is 61.9 Å². The van der Waals surface area contributed by atoms with Gasteiger partial charge < -0.3 is 14.6 Å². The van der Waals surface area contributed by atoms with Gasteiger partial charge in [0.05, 0.1) is 18.5 Å².